The first-order valence-electron chi connectivity index (χ1n) is 6.92. The first kappa shape index (κ1) is 18.5. The Morgan fingerprint density at radius 3 is 2.52 bits per heavy atom. The van der Waals surface area contributed by atoms with E-state index in [1.807, 2.05) is 25.1 Å². The van der Waals surface area contributed by atoms with Gasteiger partial charge >= 0.3 is 6.18 Å². The Kier molecular flexibility index (Phi) is 5.42. The van der Waals surface area contributed by atoms with Gasteiger partial charge in [-0.25, -0.2) is 0 Å². The number of nitro benzene ring substituents is 1. The van der Waals surface area contributed by atoms with Crippen LogP contribution in [0, 0.1) is 17.0 Å². The second-order valence-electron chi connectivity index (χ2n) is 5.06. The number of hydrazine groups is 1. The predicted molar refractivity (Wildman–Crippen MR) is 92.3 cm³/mol. The van der Waals surface area contributed by atoms with Crippen LogP contribution in [0.1, 0.15) is 11.1 Å². The van der Waals surface area contributed by atoms with Crippen LogP contribution in [-0.2, 0) is 6.18 Å². The van der Waals surface area contributed by atoms with Crippen molar-refractivity contribution in [2.45, 2.75) is 13.1 Å². The number of benzene rings is 2. The molecule has 0 amide bonds. The van der Waals surface area contributed by atoms with Gasteiger partial charge < -0.3 is 5.32 Å². The molecule has 25 heavy (non-hydrogen) atoms. The maximum Gasteiger partial charge on any atom is 0.416 e. The smallest absolute Gasteiger partial charge is 0.331 e. The number of rotatable bonds is 4. The van der Waals surface area contributed by atoms with Gasteiger partial charge in [0.25, 0.3) is 5.69 Å². The summed E-state index contributed by atoms with van der Waals surface area (Å²) in [4.78, 5) is 10.1. The lowest BCUT2D eigenvalue weighted by atomic mass is 10.1. The molecule has 0 radical (unpaired) electrons. The number of halogens is 3. The largest absolute Gasteiger partial charge is 0.416 e. The van der Waals surface area contributed by atoms with Crippen LogP contribution in [0.15, 0.2) is 42.5 Å². The number of thiocarbonyl (C=S) groups is 1. The molecule has 0 heterocycles. The molecule has 0 bridgehead atoms. The lowest BCUT2D eigenvalue weighted by Gasteiger charge is -2.14. The molecular weight excluding hydrogens is 357 g/mol. The topological polar surface area (TPSA) is 79.2 Å². The standard InChI is InChI=1S/C15H13F3N4O2S/c1-9-3-2-4-11(7-9)19-14(25)21-20-12-6-5-10(15(16,17)18)8-13(12)22(23)24/h2-8,20H,1H3,(H2,19,21,25). The van der Waals surface area contributed by atoms with Gasteiger partial charge in [-0.05, 0) is 49.0 Å². The fraction of sp³-hybridized carbons (Fsp3) is 0.133. The Hall–Kier alpha value is -2.88. The van der Waals surface area contributed by atoms with Crippen LogP contribution < -0.4 is 16.2 Å². The number of nitro groups is 1. The van der Waals surface area contributed by atoms with Gasteiger partial charge in [0.15, 0.2) is 5.11 Å². The highest BCUT2D eigenvalue weighted by Gasteiger charge is 2.33. The zero-order valence-corrected chi connectivity index (χ0v) is 13.7. The minimum atomic E-state index is -4.67. The van der Waals surface area contributed by atoms with E-state index in [-0.39, 0.29) is 10.8 Å². The van der Waals surface area contributed by atoms with Crippen LogP contribution in [0.5, 0.6) is 0 Å². The van der Waals surface area contributed by atoms with Crippen molar-refractivity contribution in [1.82, 2.24) is 5.43 Å². The first-order chi connectivity index (χ1) is 11.7. The van der Waals surface area contributed by atoms with Gasteiger partial charge in [0.2, 0.25) is 0 Å². The summed E-state index contributed by atoms with van der Waals surface area (Å²) in [5.41, 5.74) is 4.67. The highest BCUT2D eigenvalue weighted by atomic mass is 32.1. The molecule has 2 aromatic rings. The Labute approximate surface area is 146 Å². The van der Waals surface area contributed by atoms with Gasteiger partial charge in [-0.3, -0.25) is 21.0 Å². The van der Waals surface area contributed by atoms with Gasteiger partial charge in [0.1, 0.15) is 5.69 Å². The molecule has 0 unspecified atom stereocenters. The molecular formula is C15H13F3N4O2S. The molecule has 132 valence electrons. The zero-order chi connectivity index (χ0) is 18.6. The first-order valence-corrected chi connectivity index (χ1v) is 7.33. The third-order valence-electron chi connectivity index (χ3n) is 3.11. The van der Waals surface area contributed by atoms with Gasteiger partial charge in [0, 0.05) is 11.8 Å². The van der Waals surface area contributed by atoms with E-state index in [1.54, 1.807) is 6.07 Å². The SMILES string of the molecule is Cc1cccc(NC(=S)NNc2ccc(C(F)(F)F)cc2[N+](=O)[O-])c1. The maximum absolute atomic E-state index is 12.7. The summed E-state index contributed by atoms with van der Waals surface area (Å²) in [7, 11) is 0. The van der Waals surface area contributed by atoms with E-state index in [2.05, 4.69) is 16.2 Å². The average Bonchev–Trinajstić information content (AvgIpc) is 2.51. The van der Waals surface area contributed by atoms with Crippen LogP contribution in [0.25, 0.3) is 0 Å². The molecule has 0 aliphatic rings. The van der Waals surface area contributed by atoms with Gasteiger partial charge in [-0.15, -0.1) is 0 Å². The summed E-state index contributed by atoms with van der Waals surface area (Å²) in [6.07, 6.45) is -4.67. The summed E-state index contributed by atoms with van der Waals surface area (Å²) in [6, 6.07) is 9.47. The van der Waals surface area contributed by atoms with E-state index < -0.39 is 22.4 Å². The third kappa shape index (κ3) is 5.05. The summed E-state index contributed by atoms with van der Waals surface area (Å²) in [5, 5.41) is 13.9. The zero-order valence-electron chi connectivity index (χ0n) is 12.8. The number of aryl methyl sites for hydroxylation is 1. The van der Waals surface area contributed by atoms with E-state index in [4.69, 9.17) is 12.2 Å². The van der Waals surface area contributed by atoms with E-state index in [0.29, 0.717) is 11.8 Å². The predicted octanol–water partition coefficient (Wildman–Crippen LogP) is 4.24. The lowest BCUT2D eigenvalue weighted by molar-refractivity contribution is -0.384. The van der Waals surface area contributed by atoms with Crippen molar-refractivity contribution in [1.29, 1.82) is 0 Å². The Balaban J connectivity index is 2.09. The second kappa shape index (κ2) is 7.34. The van der Waals surface area contributed by atoms with E-state index in [9.17, 15) is 23.3 Å². The second-order valence-corrected chi connectivity index (χ2v) is 5.47. The van der Waals surface area contributed by atoms with Crippen LogP contribution in [-0.4, -0.2) is 10.0 Å². The number of alkyl halides is 3. The lowest BCUT2D eigenvalue weighted by Crippen LogP contribution is -2.33. The molecule has 0 atom stereocenters. The molecule has 0 spiro atoms. The minimum absolute atomic E-state index is 0.0970. The van der Waals surface area contributed by atoms with Crippen molar-refractivity contribution in [3.05, 3.63) is 63.7 Å². The molecule has 0 aliphatic heterocycles. The van der Waals surface area contributed by atoms with Crippen molar-refractivity contribution in [3.8, 4) is 0 Å². The van der Waals surface area contributed by atoms with Crippen molar-refractivity contribution < 1.29 is 18.1 Å². The van der Waals surface area contributed by atoms with Crippen molar-refractivity contribution in [3.63, 3.8) is 0 Å². The van der Waals surface area contributed by atoms with E-state index >= 15 is 0 Å². The fourth-order valence-electron chi connectivity index (χ4n) is 1.97. The minimum Gasteiger partial charge on any atom is -0.331 e. The van der Waals surface area contributed by atoms with Gasteiger partial charge in [-0.2, -0.15) is 13.2 Å². The highest BCUT2D eigenvalue weighted by molar-refractivity contribution is 7.80. The third-order valence-corrected chi connectivity index (χ3v) is 3.31. The Morgan fingerprint density at radius 1 is 1.20 bits per heavy atom. The number of nitrogens with zero attached hydrogens (tertiary/aromatic N) is 1. The summed E-state index contributed by atoms with van der Waals surface area (Å²) < 4.78 is 38.0. The number of anilines is 2. The maximum atomic E-state index is 12.7. The summed E-state index contributed by atoms with van der Waals surface area (Å²) >= 11 is 5.04. The molecule has 0 aliphatic carbocycles. The number of nitrogens with one attached hydrogen (secondary N) is 3. The van der Waals surface area contributed by atoms with Crippen molar-refractivity contribution >= 4 is 34.4 Å². The Bertz CT molecular complexity index is 812. The van der Waals surface area contributed by atoms with E-state index in [0.717, 1.165) is 17.7 Å². The van der Waals surface area contributed by atoms with Gasteiger partial charge in [-0.1, -0.05) is 12.1 Å². The molecule has 0 aromatic heterocycles. The Morgan fingerprint density at radius 2 is 1.92 bits per heavy atom. The molecule has 0 saturated carbocycles. The van der Waals surface area contributed by atoms with Gasteiger partial charge in [0.05, 0.1) is 10.5 Å². The van der Waals surface area contributed by atoms with Crippen molar-refractivity contribution in [2.75, 3.05) is 10.7 Å². The van der Waals surface area contributed by atoms with Crippen LogP contribution in [0.2, 0.25) is 0 Å². The molecule has 2 rings (SSSR count). The number of hydrogen-bond donors (Lipinski definition) is 3. The summed E-state index contributed by atoms with van der Waals surface area (Å²) in [5.74, 6) is 0. The van der Waals surface area contributed by atoms with Crippen molar-refractivity contribution in [2.24, 2.45) is 0 Å². The van der Waals surface area contributed by atoms with E-state index in [1.165, 1.54) is 0 Å². The normalized spacial score (nSPS) is 10.9. The molecule has 0 fully saturated rings. The molecule has 6 nitrogen and oxygen atoms in total. The van der Waals surface area contributed by atoms with Crippen LogP contribution in [0.4, 0.5) is 30.2 Å². The highest BCUT2D eigenvalue weighted by Crippen LogP contribution is 2.34. The fourth-order valence-corrected chi connectivity index (χ4v) is 2.14. The van der Waals surface area contributed by atoms with Crippen LogP contribution >= 0.6 is 12.2 Å². The number of hydrogen-bond acceptors (Lipinski definition) is 4. The molecule has 10 heteroatoms. The quantitative estimate of drug-likeness (QED) is 0.425. The van der Waals surface area contributed by atoms with Crippen LogP contribution in [0.3, 0.4) is 0 Å². The monoisotopic (exact) mass is 370 g/mol. The molecule has 2 aromatic carbocycles. The molecule has 0 saturated heterocycles. The molecule has 3 N–H and O–H groups in total. The summed E-state index contributed by atoms with van der Waals surface area (Å²) in [6.45, 7) is 1.89. The average molecular weight is 370 g/mol.